The summed E-state index contributed by atoms with van der Waals surface area (Å²) in [6.45, 7) is 1.45. The second kappa shape index (κ2) is 9.27. The zero-order valence-electron chi connectivity index (χ0n) is 14.6. The fraction of sp³-hybridized carbons (Fsp3) is 0.235. The lowest BCUT2D eigenvalue weighted by Gasteiger charge is -2.21. The molecule has 9 nitrogen and oxygen atoms in total. The molecule has 0 heterocycles. The fourth-order valence-electron chi connectivity index (χ4n) is 2.15. The number of nitro benzene ring substituents is 1. The molecule has 0 fully saturated rings. The van der Waals surface area contributed by atoms with Crippen LogP contribution in [0, 0.1) is 10.1 Å². The number of nitrogens with zero attached hydrogens (tertiary/aromatic N) is 2. The van der Waals surface area contributed by atoms with E-state index in [1.54, 1.807) is 31.2 Å². The lowest BCUT2D eigenvalue weighted by atomic mass is 10.2. The first-order chi connectivity index (χ1) is 12.8. The average molecular weight is 393 g/mol. The molecule has 0 aromatic heterocycles. The molecule has 0 saturated carbocycles. The van der Waals surface area contributed by atoms with Gasteiger partial charge in [-0.15, -0.1) is 0 Å². The molecule has 0 bridgehead atoms. The molecule has 2 N–H and O–H groups in total. The molecule has 1 amide bonds. The molecule has 2 rings (SSSR count). The summed E-state index contributed by atoms with van der Waals surface area (Å²) in [6.07, 6.45) is 0.236. The van der Waals surface area contributed by atoms with Gasteiger partial charge in [0.15, 0.2) is 0 Å². The van der Waals surface area contributed by atoms with Crippen LogP contribution in [0.25, 0.3) is 0 Å². The normalized spacial score (nSPS) is 12.8. The molecule has 0 saturated heterocycles. The second-order valence-corrected chi connectivity index (χ2v) is 8.37. The van der Waals surface area contributed by atoms with E-state index in [0.717, 1.165) is 0 Å². The van der Waals surface area contributed by atoms with Crippen molar-refractivity contribution < 1.29 is 24.0 Å². The van der Waals surface area contributed by atoms with E-state index in [-0.39, 0.29) is 30.4 Å². The number of nitrogens with one attached hydrogen (secondary N) is 1. The Bertz CT molecular complexity index is 828. The van der Waals surface area contributed by atoms with Crippen molar-refractivity contribution in [1.29, 1.82) is 0 Å². The number of para-hydroxylation sites is 1. The van der Waals surface area contributed by atoms with Gasteiger partial charge in [-0.1, -0.05) is 25.1 Å². The number of hydrogen-bond acceptors (Lipinski definition) is 7. The van der Waals surface area contributed by atoms with Gasteiger partial charge in [0.05, 0.1) is 17.9 Å². The van der Waals surface area contributed by atoms with E-state index >= 15 is 0 Å². The minimum Gasteiger partial charge on any atom is -0.442 e. The third-order valence-electron chi connectivity index (χ3n) is 3.67. The maximum Gasteiger partial charge on any atom is 0.278 e. The Hall–Kier alpha value is -2.74. The highest BCUT2D eigenvalue weighted by Gasteiger charge is 2.23. The predicted octanol–water partition coefficient (Wildman–Crippen LogP) is 3.31. The van der Waals surface area contributed by atoms with Crippen molar-refractivity contribution in [2.45, 2.75) is 6.92 Å². The third-order valence-corrected chi connectivity index (χ3v) is 5.88. The Labute approximate surface area is 156 Å². The van der Waals surface area contributed by atoms with Crippen molar-refractivity contribution in [3.05, 3.63) is 70.3 Å². The highest BCUT2D eigenvalue weighted by Crippen LogP contribution is 2.45. The van der Waals surface area contributed by atoms with E-state index < -0.39 is 18.2 Å². The van der Waals surface area contributed by atoms with E-state index in [9.17, 15) is 24.7 Å². The minimum absolute atomic E-state index is 0.0387. The third kappa shape index (κ3) is 5.89. The van der Waals surface area contributed by atoms with E-state index in [1.807, 2.05) is 6.07 Å². The summed E-state index contributed by atoms with van der Waals surface area (Å²) in [5, 5.41) is 23.6. The van der Waals surface area contributed by atoms with Crippen LogP contribution in [0.1, 0.15) is 17.3 Å². The van der Waals surface area contributed by atoms with Crippen molar-refractivity contribution in [3.63, 3.8) is 0 Å². The molecule has 27 heavy (non-hydrogen) atoms. The van der Waals surface area contributed by atoms with Gasteiger partial charge < -0.3 is 4.52 Å². The van der Waals surface area contributed by atoms with E-state index in [2.05, 4.69) is 5.32 Å². The van der Waals surface area contributed by atoms with Crippen LogP contribution in [-0.2, 0) is 4.57 Å². The van der Waals surface area contributed by atoms with Gasteiger partial charge in [0.2, 0.25) is 0 Å². The highest BCUT2D eigenvalue weighted by molar-refractivity contribution is 7.59. The molecular weight excluding hydrogens is 373 g/mol. The zero-order valence-corrected chi connectivity index (χ0v) is 15.5. The fourth-order valence-corrected chi connectivity index (χ4v) is 3.52. The highest BCUT2D eigenvalue weighted by atomic mass is 31.2. The van der Waals surface area contributed by atoms with Gasteiger partial charge in [0.1, 0.15) is 5.75 Å². The molecule has 2 aromatic rings. The Kier molecular flexibility index (Phi) is 7.06. The Balaban J connectivity index is 1.89. The molecule has 0 spiro atoms. The van der Waals surface area contributed by atoms with Crippen LogP contribution < -0.4 is 9.84 Å². The molecule has 0 aliphatic carbocycles. The molecule has 1 atom stereocenters. The first-order valence-electron chi connectivity index (χ1n) is 8.13. The van der Waals surface area contributed by atoms with Gasteiger partial charge in [-0.3, -0.25) is 30.0 Å². The lowest BCUT2D eigenvalue weighted by Crippen LogP contribution is -2.37. The van der Waals surface area contributed by atoms with Crippen LogP contribution in [0.15, 0.2) is 54.6 Å². The van der Waals surface area contributed by atoms with Crippen LogP contribution in [0.4, 0.5) is 5.69 Å². The number of amides is 1. The maximum absolute atomic E-state index is 12.7. The standard InChI is InChI=1S/C17H20N3O6P/c1-2-27(25,26-16-6-4-3-5-7-16)13-18-12-19(22)17(21)14-8-10-15(11-9-14)20(23)24/h3-11,18,22H,2,12-13H2,1H3. The quantitative estimate of drug-likeness (QED) is 0.220. The molecule has 1 unspecified atom stereocenters. The first kappa shape index (κ1) is 20.6. The van der Waals surface area contributed by atoms with E-state index in [1.165, 1.54) is 24.3 Å². The topological polar surface area (TPSA) is 122 Å². The Morgan fingerprint density at radius 1 is 1.22 bits per heavy atom. The number of nitro groups is 1. The summed E-state index contributed by atoms with van der Waals surface area (Å²) in [7, 11) is -3.03. The van der Waals surface area contributed by atoms with Crippen molar-refractivity contribution in [2.24, 2.45) is 0 Å². The SMILES string of the molecule is CCP(=O)(CNCN(O)C(=O)c1ccc([N+](=O)[O-])cc1)Oc1ccccc1. The van der Waals surface area contributed by atoms with E-state index in [0.29, 0.717) is 10.8 Å². The van der Waals surface area contributed by atoms with Crippen molar-refractivity contribution in [1.82, 2.24) is 10.4 Å². The van der Waals surface area contributed by atoms with Crippen LogP contribution in [0.2, 0.25) is 0 Å². The lowest BCUT2D eigenvalue weighted by molar-refractivity contribution is -0.384. The van der Waals surface area contributed by atoms with Crippen LogP contribution in [0.3, 0.4) is 0 Å². The number of carbonyl (C=O) groups is 1. The van der Waals surface area contributed by atoms with Crippen LogP contribution in [-0.4, -0.2) is 40.2 Å². The monoisotopic (exact) mass is 393 g/mol. The first-order valence-corrected chi connectivity index (χ1v) is 10.1. The average Bonchev–Trinajstić information content (AvgIpc) is 2.68. The van der Waals surface area contributed by atoms with Crippen LogP contribution >= 0.6 is 7.37 Å². The Morgan fingerprint density at radius 3 is 2.41 bits per heavy atom. The molecule has 2 aromatic carbocycles. The smallest absolute Gasteiger partial charge is 0.278 e. The zero-order chi connectivity index (χ0) is 19.9. The number of hydrogen-bond donors (Lipinski definition) is 2. The molecule has 0 aliphatic heterocycles. The minimum atomic E-state index is -3.03. The van der Waals surface area contributed by atoms with Crippen molar-refractivity contribution >= 4 is 19.0 Å². The number of benzene rings is 2. The number of hydroxylamine groups is 2. The second-order valence-electron chi connectivity index (χ2n) is 5.61. The van der Waals surface area contributed by atoms with Gasteiger partial charge >= 0.3 is 0 Å². The summed E-state index contributed by atoms with van der Waals surface area (Å²) in [5.74, 6) is -0.264. The maximum atomic E-state index is 12.7. The van der Waals surface area contributed by atoms with Crippen LogP contribution in [0.5, 0.6) is 5.75 Å². The number of rotatable bonds is 9. The number of non-ortho nitro benzene ring substituents is 1. The van der Waals surface area contributed by atoms with Crippen molar-refractivity contribution in [2.75, 3.05) is 19.1 Å². The molecule has 144 valence electrons. The summed E-state index contributed by atoms with van der Waals surface area (Å²) in [6, 6.07) is 13.6. The molecular formula is C17H20N3O6P. The largest absolute Gasteiger partial charge is 0.442 e. The van der Waals surface area contributed by atoms with Gasteiger partial charge in [-0.2, -0.15) is 0 Å². The van der Waals surface area contributed by atoms with Gasteiger partial charge in [0.25, 0.3) is 19.0 Å². The molecule has 0 radical (unpaired) electrons. The van der Waals surface area contributed by atoms with E-state index in [4.69, 9.17) is 4.52 Å². The van der Waals surface area contributed by atoms with Gasteiger partial charge in [-0.05, 0) is 24.3 Å². The summed E-state index contributed by atoms with van der Waals surface area (Å²) < 4.78 is 18.3. The molecule has 10 heteroatoms. The molecule has 0 aliphatic rings. The Morgan fingerprint density at radius 2 is 1.85 bits per heavy atom. The summed E-state index contributed by atoms with van der Waals surface area (Å²) in [4.78, 5) is 22.1. The summed E-state index contributed by atoms with van der Waals surface area (Å²) in [5.41, 5.74) is -0.0692. The predicted molar refractivity (Wildman–Crippen MR) is 99.1 cm³/mol. The van der Waals surface area contributed by atoms with Crippen molar-refractivity contribution in [3.8, 4) is 5.75 Å². The summed E-state index contributed by atoms with van der Waals surface area (Å²) >= 11 is 0. The number of carbonyl (C=O) groups excluding carboxylic acids is 1. The van der Waals surface area contributed by atoms with Gasteiger partial charge in [-0.25, -0.2) is 5.06 Å². The van der Waals surface area contributed by atoms with Gasteiger partial charge in [0, 0.05) is 23.9 Å².